The van der Waals surface area contributed by atoms with E-state index in [0.29, 0.717) is 12.1 Å². The van der Waals surface area contributed by atoms with Gasteiger partial charge in [0.05, 0.1) is 0 Å². The van der Waals surface area contributed by atoms with Crippen LogP contribution in [-0.4, -0.2) is 5.78 Å². The summed E-state index contributed by atoms with van der Waals surface area (Å²) < 4.78 is 0. The molecule has 0 bridgehead atoms. The molecule has 0 unspecified atom stereocenters. The van der Waals surface area contributed by atoms with Crippen molar-refractivity contribution in [1.82, 2.24) is 0 Å². The molecule has 2 rings (SSSR count). The lowest BCUT2D eigenvalue weighted by atomic mass is 9.85. The van der Waals surface area contributed by atoms with Gasteiger partial charge in [-0.2, -0.15) is 0 Å². The average Bonchev–Trinajstić information content (AvgIpc) is 2.18. The number of nitrogens with two attached hydrogens (primary N) is 1. The Hall–Kier alpha value is -1.31. The molecule has 0 aromatic heterocycles. The summed E-state index contributed by atoms with van der Waals surface area (Å²) in [6.45, 7) is 2.12. The molecule has 2 nitrogen and oxygen atoms in total. The SMILES string of the molecule is CCc1ccc(N)c2c1CCCC2=O. The van der Waals surface area contributed by atoms with E-state index in [1.54, 1.807) is 0 Å². The Labute approximate surface area is 84.1 Å². The van der Waals surface area contributed by atoms with Crippen LogP contribution in [0.4, 0.5) is 5.69 Å². The van der Waals surface area contributed by atoms with E-state index >= 15 is 0 Å². The van der Waals surface area contributed by atoms with Gasteiger partial charge in [0.1, 0.15) is 0 Å². The minimum absolute atomic E-state index is 0.221. The lowest BCUT2D eigenvalue weighted by Crippen LogP contribution is -2.15. The fourth-order valence-corrected chi connectivity index (χ4v) is 2.21. The Morgan fingerprint density at radius 3 is 2.86 bits per heavy atom. The second-order valence-corrected chi connectivity index (χ2v) is 3.80. The van der Waals surface area contributed by atoms with Gasteiger partial charge in [0, 0.05) is 17.7 Å². The van der Waals surface area contributed by atoms with Gasteiger partial charge in [0.2, 0.25) is 0 Å². The van der Waals surface area contributed by atoms with Crippen molar-refractivity contribution in [3.8, 4) is 0 Å². The van der Waals surface area contributed by atoms with E-state index in [4.69, 9.17) is 5.73 Å². The van der Waals surface area contributed by atoms with Crippen LogP contribution in [0.25, 0.3) is 0 Å². The highest BCUT2D eigenvalue weighted by Crippen LogP contribution is 2.29. The monoisotopic (exact) mass is 189 g/mol. The highest BCUT2D eigenvalue weighted by molar-refractivity contribution is 6.03. The molecule has 1 aromatic rings. The molecule has 1 aliphatic rings. The molecule has 1 aliphatic carbocycles. The van der Waals surface area contributed by atoms with Crippen LogP contribution >= 0.6 is 0 Å². The minimum atomic E-state index is 0.221. The van der Waals surface area contributed by atoms with E-state index in [1.165, 1.54) is 11.1 Å². The molecular formula is C12H15NO. The van der Waals surface area contributed by atoms with Gasteiger partial charge in [-0.3, -0.25) is 4.79 Å². The predicted molar refractivity (Wildman–Crippen MR) is 57.5 cm³/mol. The Morgan fingerprint density at radius 2 is 2.14 bits per heavy atom. The maximum Gasteiger partial charge on any atom is 0.165 e. The first-order chi connectivity index (χ1) is 6.74. The number of nitrogen functional groups attached to an aromatic ring is 1. The summed E-state index contributed by atoms with van der Waals surface area (Å²) in [5.74, 6) is 0.221. The number of hydrogen-bond acceptors (Lipinski definition) is 2. The number of carbonyl (C=O) groups excluding carboxylic acids is 1. The average molecular weight is 189 g/mol. The van der Waals surface area contributed by atoms with Crippen LogP contribution in [0.3, 0.4) is 0 Å². The molecular weight excluding hydrogens is 174 g/mol. The van der Waals surface area contributed by atoms with Crippen LogP contribution in [0.15, 0.2) is 12.1 Å². The topological polar surface area (TPSA) is 43.1 Å². The van der Waals surface area contributed by atoms with Gasteiger partial charge < -0.3 is 5.73 Å². The molecule has 0 aliphatic heterocycles. The lowest BCUT2D eigenvalue weighted by molar-refractivity contribution is 0.0973. The van der Waals surface area contributed by atoms with Gasteiger partial charge >= 0.3 is 0 Å². The van der Waals surface area contributed by atoms with Crippen LogP contribution in [0, 0.1) is 0 Å². The highest BCUT2D eigenvalue weighted by Gasteiger charge is 2.21. The van der Waals surface area contributed by atoms with Crippen LogP contribution in [0.5, 0.6) is 0 Å². The van der Waals surface area contributed by atoms with E-state index in [1.807, 2.05) is 12.1 Å². The van der Waals surface area contributed by atoms with Crippen molar-refractivity contribution in [2.24, 2.45) is 0 Å². The molecule has 2 heteroatoms. The summed E-state index contributed by atoms with van der Waals surface area (Å²) in [5, 5.41) is 0. The van der Waals surface area contributed by atoms with Gasteiger partial charge in [-0.1, -0.05) is 13.0 Å². The fraction of sp³-hybridized carbons (Fsp3) is 0.417. The molecule has 14 heavy (non-hydrogen) atoms. The number of hydrogen-bond donors (Lipinski definition) is 1. The van der Waals surface area contributed by atoms with Crippen molar-refractivity contribution in [2.75, 3.05) is 5.73 Å². The number of carbonyl (C=O) groups is 1. The maximum absolute atomic E-state index is 11.7. The number of rotatable bonds is 1. The number of Topliss-reactive ketones (excluding diaryl/α,β-unsaturated/α-hetero) is 1. The fourth-order valence-electron chi connectivity index (χ4n) is 2.21. The Morgan fingerprint density at radius 1 is 1.36 bits per heavy atom. The largest absolute Gasteiger partial charge is 0.398 e. The second kappa shape index (κ2) is 3.45. The molecule has 0 saturated carbocycles. The summed E-state index contributed by atoms with van der Waals surface area (Å²) in [4.78, 5) is 11.7. The maximum atomic E-state index is 11.7. The number of aryl methyl sites for hydroxylation is 1. The predicted octanol–water partition coefficient (Wildman–Crippen LogP) is 2.35. The Balaban J connectivity index is 2.63. The molecule has 0 saturated heterocycles. The summed E-state index contributed by atoms with van der Waals surface area (Å²) in [7, 11) is 0. The number of ketones is 1. The van der Waals surface area contributed by atoms with Crippen molar-refractivity contribution in [3.05, 3.63) is 28.8 Å². The van der Waals surface area contributed by atoms with Crippen molar-refractivity contribution < 1.29 is 4.79 Å². The third-order valence-corrected chi connectivity index (χ3v) is 2.93. The first-order valence-corrected chi connectivity index (χ1v) is 5.17. The summed E-state index contributed by atoms with van der Waals surface area (Å²) in [6, 6.07) is 3.91. The third-order valence-electron chi connectivity index (χ3n) is 2.93. The van der Waals surface area contributed by atoms with Crippen LogP contribution in [0.2, 0.25) is 0 Å². The van der Waals surface area contributed by atoms with Crippen molar-refractivity contribution in [3.63, 3.8) is 0 Å². The number of benzene rings is 1. The van der Waals surface area contributed by atoms with Gasteiger partial charge in [0.15, 0.2) is 5.78 Å². The van der Waals surface area contributed by atoms with Crippen molar-refractivity contribution in [2.45, 2.75) is 32.6 Å². The van der Waals surface area contributed by atoms with Gasteiger partial charge in [0.25, 0.3) is 0 Å². The van der Waals surface area contributed by atoms with Crippen molar-refractivity contribution in [1.29, 1.82) is 0 Å². The zero-order valence-electron chi connectivity index (χ0n) is 8.47. The Kier molecular flexibility index (Phi) is 2.28. The molecule has 2 N–H and O–H groups in total. The minimum Gasteiger partial charge on any atom is -0.398 e. The molecule has 0 radical (unpaired) electrons. The first kappa shape index (κ1) is 9.25. The third kappa shape index (κ3) is 1.31. The number of anilines is 1. The van der Waals surface area contributed by atoms with E-state index in [-0.39, 0.29) is 5.78 Å². The number of fused-ring (bicyclic) bond motifs is 1. The molecule has 0 amide bonds. The molecule has 0 atom stereocenters. The zero-order chi connectivity index (χ0) is 10.1. The van der Waals surface area contributed by atoms with E-state index in [0.717, 1.165) is 24.8 Å². The lowest BCUT2D eigenvalue weighted by Gasteiger charge is -2.19. The quantitative estimate of drug-likeness (QED) is 0.689. The van der Waals surface area contributed by atoms with Crippen LogP contribution < -0.4 is 5.73 Å². The smallest absolute Gasteiger partial charge is 0.165 e. The van der Waals surface area contributed by atoms with Gasteiger partial charge in [-0.25, -0.2) is 0 Å². The second-order valence-electron chi connectivity index (χ2n) is 3.80. The Bertz CT molecular complexity index is 382. The van der Waals surface area contributed by atoms with Crippen LogP contribution in [0.1, 0.15) is 41.3 Å². The summed E-state index contributed by atoms with van der Waals surface area (Å²) in [5.41, 5.74) is 9.77. The zero-order valence-corrected chi connectivity index (χ0v) is 8.47. The van der Waals surface area contributed by atoms with E-state index in [9.17, 15) is 4.79 Å². The molecule has 1 aromatic carbocycles. The van der Waals surface area contributed by atoms with Crippen molar-refractivity contribution >= 4 is 11.5 Å². The van der Waals surface area contributed by atoms with Crippen LogP contribution in [-0.2, 0) is 12.8 Å². The first-order valence-electron chi connectivity index (χ1n) is 5.17. The molecule has 0 heterocycles. The summed E-state index contributed by atoms with van der Waals surface area (Å²) >= 11 is 0. The summed E-state index contributed by atoms with van der Waals surface area (Å²) in [6.07, 6.45) is 3.62. The normalized spacial score (nSPS) is 15.4. The van der Waals surface area contributed by atoms with Gasteiger partial charge in [-0.15, -0.1) is 0 Å². The standard InChI is InChI=1S/C12H15NO/c1-2-8-6-7-10(13)12-9(8)4-3-5-11(12)14/h6-7H,2-5,13H2,1H3. The highest BCUT2D eigenvalue weighted by atomic mass is 16.1. The van der Waals surface area contributed by atoms with E-state index < -0.39 is 0 Å². The molecule has 74 valence electrons. The van der Waals surface area contributed by atoms with Gasteiger partial charge in [-0.05, 0) is 36.5 Å². The molecule has 0 spiro atoms. The van der Waals surface area contributed by atoms with E-state index in [2.05, 4.69) is 6.92 Å². The molecule has 0 fully saturated rings.